The average Bonchev–Trinajstić information content (AvgIpc) is 3.07. The molecule has 0 atom stereocenters. The number of nitrogens with zero attached hydrogens (tertiary/aromatic N) is 4. The molecule has 3 N–H and O–H groups in total. The van der Waals surface area contributed by atoms with Gasteiger partial charge in [-0.2, -0.15) is 0 Å². The zero-order valence-corrected chi connectivity index (χ0v) is 35.4. The Bertz CT molecular complexity index is 1510. The minimum absolute atomic E-state index is 0.0000470. The third-order valence-corrected chi connectivity index (χ3v) is 7.72. The number of guanidine groups is 2. The Hall–Kier alpha value is -4.82. The van der Waals surface area contributed by atoms with E-state index in [4.69, 9.17) is 18.9 Å². The Balaban J connectivity index is 2.02. The quantitative estimate of drug-likeness (QED) is 0.0661. The Morgan fingerprint density at radius 1 is 0.893 bits per heavy atom. The van der Waals surface area contributed by atoms with E-state index in [1.807, 2.05) is 43.3 Å². The second-order valence-corrected chi connectivity index (χ2v) is 16.5. The molecule has 314 valence electrons. The maximum atomic E-state index is 13.5. The molecule has 0 unspecified atom stereocenters. The number of hydrogen-bond donors (Lipinski definition) is 3. The van der Waals surface area contributed by atoms with Crippen LogP contribution in [0, 0.1) is 0 Å². The van der Waals surface area contributed by atoms with Gasteiger partial charge in [-0.25, -0.2) is 34.1 Å². The van der Waals surface area contributed by atoms with E-state index < -0.39 is 35.1 Å². The van der Waals surface area contributed by atoms with Gasteiger partial charge in [-0.1, -0.05) is 56.0 Å². The first-order chi connectivity index (χ1) is 26.3. The van der Waals surface area contributed by atoms with Gasteiger partial charge in [0.25, 0.3) is 0 Å². The van der Waals surface area contributed by atoms with Crippen LogP contribution in [0.25, 0.3) is 0 Å². The lowest BCUT2D eigenvalue weighted by molar-refractivity contribution is 0.0355. The number of carbonyl (C=O) groups excluding carboxylic acids is 4. The minimum atomic E-state index is -0.752. The summed E-state index contributed by atoms with van der Waals surface area (Å²) in [6, 6.07) is 7.21. The van der Waals surface area contributed by atoms with Crippen LogP contribution in [0.2, 0.25) is 0 Å². The Labute approximate surface area is 334 Å². The summed E-state index contributed by atoms with van der Waals surface area (Å²) in [5, 5.41) is 8.06. The number of ether oxygens (including phenoxy) is 4. The number of unbranched alkanes of at least 4 members (excludes halogenated alkanes) is 5. The fraction of sp³-hybridized carbons (Fsp3) is 0.659. The van der Waals surface area contributed by atoms with Crippen molar-refractivity contribution in [1.82, 2.24) is 25.8 Å². The number of amides is 5. The van der Waals surface area contributed by atoms with Crippen LogP contribution in [-0.4, -0.2) is 95.6 Å². The highest BCUT2D eigenvalue weighted by Gasteiger charge is 2.28. The van der Waals surface area contributed by atoms with Gasteiger partial charge in [-0.05, 0) is 101 Å². The standard InChI is InChI=1S/C41H67N7O8/c1-11-12-25-42-34(46-37(51)55-40(5,6)7)48(38(52)56-41(8,9)10)28-20-16-14-13-15-19-26-47-27-21-22-29-53-32-24-18-17-23-31(32)30-43-33(44-35(47)49)45-36(50)54-39(2,3)4/h11-12,17-18,23-24H,13-16,19-22,25-30H2,1-10H3,(H,42,46,51)(H2,43,44,45,49,50)/b12-11+. The van der Waals surface area contributed by atoms with Crippen molar-refractivity contribution in [3.8, 4) is 5.75 Å². The first kappa shape index (κ1) is 47.3. The molecule has 56 heavy (non-hydrogen) atoms. The first-order valence-electron chi connectivity index (χ1n) is 19.7. The third kappa shape index (κ3) is 20.7. The van der Waals surface area contributed by atoms with Crippen molar-refractivity contribution < 1.29 is 38.1 Å². The molecule has 0 aliphatic carbocycles. The van der Waals surface area contributed by atoms with Crippen LogP contribution < -0.4 is 20.7 Å². The highest BCUT2D eigenvalue weighted by Crippen LogP contribution is 2.20. The topological polar surface area (TPSA) is 172 Å². The molecule has 1 aromatic rings. The summed E-state index contributed by atoms with van der Waals surface area (Å²) in [5.41, 5.74) is -1.39. The number of rotatable bonds is 11. The summed E-state index contributed by atoms with van der Waals surface area (Å²) in [6.07, 6.45) is 8.02. The van der Waals surface area contributed by atoms with Gasteiger partial charge in [0.05, 0.1) is 19.7 Å². The van der Waals surface area contributed by atoms with Gasteiger partial charge < -0.3 is 23.8 Å². The predicted octanol–water partition coefficient (Wildman–Crippen LogP) is 8.29. The fourth-order valence-electron chi connectivity index (χ4n) is 5.24. The molecular formula is C41H67N7O8. The molecule has 2 rings (SSSR count). The molecule has 0 saturated carbocycles. The van der Waals surface area contributed by atoms with Gasteiger partial charge in [-0.15, -0.1) is 0 Å². The number of carbonyl (C=O) groups is 4. The molecule has 0 saturated heterocycles. The van der Waals surface area contributed by atoms with Gasteiger partial charge in [0.15, 0.2) is 0 Å². The van der Waals surface area contributed by atoms with Crippen LogP contribution in [0.5, 0.6) is 5.75 Å². The number of fused-ring (bicyclic) bond motifs is 1. The summed E-state index contributed by atoms with van der Waals surface area (Å²) >= 11 is 0. The van der Waals surface area contributed by atoms with Crippen molar-refractivity contribution in [1.29, 1.82) is 0 Å². The number of para-hydroxylation sites is 1. The smallest absolute Gasteiger partial charge is 0.417 e. The number of aliphatic imine (C=N–C) groups is 2. The SMILES string of the molecule is C/C=C/CN=C(NC(=O)OC(C)(C)C)N(CCCCCCCCN1CCCCOc2ccccc2CN=C(NC(=O)OC(C)(C)C)NC1=O)C(=O)OC(C)(C)C. The molecule has 5 amide bonds. The van der Waals surface area contributed by atoms with Gasteiger partial charge in [0.1, 0.15) is 22.6 Å². The Morgan fingerprint density at radius 2 is 1.52 bits per heavy atom. The van der Waals surface area contributed by atoms with E-state index in [2.05, 4.69) is 25.9 Å². The summed E-state index contributed by atoms with van der Waals surface area (Å²) in [4.78, 5) is 64.3. The molecule has 15 nitrogen and oxygen atoms in total. The Kier molecular flexibility index (Phi) is 19.7. The second-order valence-electron chi connectivity index (χ2n) is 16.5. The average molecular weight is 786 g/mol. The number of allylic oxidation sites excluding steroid dienone is 1. The van der Waals surface area contributed by atoms with Gasteiger partial charge >= 0.3 is 24.3 Å². The van der Waals surface area contributed by atoms with Crippen molar-refractivity contribution in [2.24, 2.45) is 9.98 Å². The number of hydrogen-bond acceptors (Lipinski definition) is 10. The van der Waals surface area contributed by atoms with Gasteiger partial charge in [-0.3, -0.25) is 16.0 Å². The van der Waals surface area contributed by atoms with Crippen LogP contribution in [0.15, 0.2) is 46.4 Å². The monoisotopic (exact) mass is 786 g/mol. The molecule has 1 aliphatic heterocycles. The van der Waals surface area contributed by atoms with E-state index in [0.29, 0.717) is 31.9 Å². The molecule has 0 radical (unpaired) electrons. The lowest BCUT2D eigenvalue weighted by atomic mass is 10.1. The normalized spacial score (nSPS) is 14.8. The number of benzene rings is 1. The van der Waals surface area contributed by atoms with E-state index in [9.17, 15) is 19.2 Å². The van der Waals surface area contributed by atoms with Crippen molar-refractivity contribution in [3.05, 3.63) is 42.0 Å². The summed E-state index contributed by atoms with van der Waals surface area (Å²) in [5.74, 6) is 0.778. The maximum Gasteiger partial charge on any atom is 0.417 e. The van der Waals surface area contributed by atoms with Gasteiger partial charge in [0.2, 0.25) is 11.9 Å². The molecule has 15 heteroatoms. The van der Waals surface area contributed by atoms with E-state index in [1.165, 1.54) is 4.90 Å². The fourth-order valence-corrected chi connectivity index (χ4v) is 5.24. The summed E-state index contributed by atoms with van der Waals surface area (Å²) in [6.45, 7) is 20.0. The number of nitrogens with one attached hydrogen (secondary N) is 3. The molecular weight excluding hydrogens is 718 g/mol. The number of urea groups is 1. The van der Waals surface area contributed by atoms with Gasteiger partial charge in [0, 0.05) is 25.2 Å². The van der Waals surface area contributed by atoms with Crippen LogP contribution in [0.4, 0.5) is 19.2 Å². The van der Waals surface area contributed by atoms with Crippen LogP contribution in [0.3, 0.4) is 0 Å². The molecule has 1 aliphatic rings. The molecule has 0 bridgehead atoms. The lowest BCUT2D eigenvalue weighted by Crippen LogP contribution is -2.50. The van der Waals surface area contributed by atoms with Crippen LogP contribution in [0.1, 0.15) is 126 Å². The molecule has 1 aromatic carbocycles. The second kappa shape index (κ2) is 23.3. The largest absolute Gasteiger partial charge is 0.493 e. The van der Waals surface area contributed by atoms with E-state index >= 15 is 0 Å². The van der Waals surface area contributed by atoms with E-state index in [1.54, 1.807) is 67.2 Å². The molecule has 1 heterocycles. The lowest BCUT2D eigenvalue weighted by Gasteiger charge is -2.29. The molecule has 0 fully saturated rings. The molecule has 0 aromatic heterocycles. The van der Waals surface area contributed by atoms with E-state index in [0.717, 1.165) is 50.5 Å². The zero-order chi connectivity index (χ0) is 41.8. The zero-order valence-electron chi connectivity index (χ0n) is 35.4. The number of alkyl carbamates (subject to hydrolysis) is 2. The maximum absolute atomic E-state index is 13.5. The van der Waals surface area contributed by atoms with Crippen molar-refractivity contribution in [3.63, 3.8) is 0 Å². The highest BCUT2D eigenvalue weighted by molar-refractivity contribution is 6.03. The highest BCUT2D eigenvalue weighted by atomic mass is 16.6. The van der Waals surface area contributed by atoms with Crippen LogP contribution >= 0.6 is 0 Å². The van der Waals surface area contributed by atoms with Crippen molar-refractivity contribution in [2.75, 3.05) is 32.8 Å². The predicted molar refractivity (Wildman–Crippen MR) is 219 cm³/mol. The van der Waals surface area contributed by atoms with Crippen LogP contribution in [-0.2, 0) is 20.8 Å². The summed E-state index contributed by atoms with van der Waals surface area (Å²) in [7, 11) is 0. The minimum Gasteiger partial charge on any atom is -0.493 e. The van der Waals surface area contributed by atoms with Crippen molar-refractivity contribution >= 4 is 36.2 Å². The first-order valence-corrected chi connectivity index (χ1v) is 19.7. The Morgan fingerprint density at radius 3 is 2.18 bits per heavy atom. The third-order valence-electron chi connectivity index (χ3n) is 7.72. The summed E-state index contributed by atoms with van der Waals surface area (Å²) < 4.78 is 22.6. The van der Waals surface area contributed by atoms with Crippen molar-refractivity contribution in [2.45, 2.75) is 144 Å². The van der Waals surface area contributed by atoms with E-state index in [-0.39, 0.29) is 37.6 Å². The molecule has 0 spiro atoms.